The van der Waals surface area contributed by atoms with E-state index < -0.39 is 29.1 Å². The lowest BCUT2D eigenvalue weighted by atomic mass is 10.1. The fourth-order valence-corrected chi connectivity index (χ4v) is 0.871. The van der Waals surface area contributed by atoms with Crippen LogP contribution in [0, 0.1) is 5.82 Å². The number of carboxylic acids is 1. The van der Waals surface area contributed by atoms with Gasteiger partial charge in [-0.1, -0.05) is 0 Å². The molecule has 0 aliphatic heterocycles. The van der Waals surface area contributed by atoms with Crippen LogP contribution in [0.5, 0.6) is 0 Å². The van der Waals surface area contributed by atoms with Crippen molar-refractivity contribution < 1.29 is 27.5 Å². The van der Waals surface area contributed by atoms with E-state index in [0.717, 1.165) is 0 Å². The van der Waals surface area contributed by atoms with Gasteiger partial charge in [0.05, 0.1) is 11.5 Å². The van der Waals surface area contributed by atoms with Gasteiger partial charge in [-0.15, -0.1) is 0 Å². The highest BCUT2D eigenvalue weighted by Gasteiger charge is 2.31. The van der Waals surface area contributed by atoms with Crippen LogP contribution < -0.4 is 5.11 Å². The van der Waals surface area contributed by atoms with Gasteiger partial charge in [0.15, 0.2) is 0 Å². The summed E-state index contributed by atoms with van der Waals surface area (Å²) in [4.78, 5) is 10.2. The minimum atomic E-state index is -4.77. The van der Waals surface area contributed by atoms with Crippen LogP contribution in [-0.4, -0.2) is 5.97 Å². The molecular weight excluding hydrogens is 204 g/mol. The summed E-state index contributed by atoms with van der Waals surface area (Å²) in [6.45, 7) is 0. The Kier molecular flexibility index (Phi) is 2.46. The molecule has 76 valence electrons. The van der Waals surface area contributed by atoms with Gasteiger partial charge in [-0.25, -0.2) is 4.39 Å². The van der Waals surface area contributed by atoms with E-state index in [-0.39, 0.29) is 6.07 Å². The molecule has 1 rings (SSSR count). The van der Waals surface area contributed by atoms with Gasteiger partial charge in [-0.2, -0.15) is 13.2 Å². The Morgan fingerprint density at radius 2 is 1.79 bits per heavy atom. The zero-order valence-corrected chi connectivity index (χ0v) is 6.56. The molecule has 0 saturated heterocycles. The lowest BCUT2D eigenvalue weighted by molar-refractivity contribution is -0.255. The molecule has 2 nitrogen and oxygen atoms in total. The number of alkyl halides is 3. The molecule has 0 bridgehead atoms. The van der Waals surface area contributed by atoms with E-state index >= 15 is 0 Å². The molecule has 0 heterocycles. The third-order valence-electron chi connectivity index (χ3n) is 1.46. The summed E-state index contributed by atoms with van der Waals surface area (Å²) in [5.41, 5.74) is -2.19. The molecule has 6 heteroatoms. The number of halogens is 4. The maximum absolute atomic E-state index is 12.5. The van der Waals surface area contributed by atoms with E-state index in [1.165, 1.54) is 0 Å². The highest BCUT2D eigenvalue weighted by molar-refractivity contribution is 5.86. The summed E-state index contributed by atoms with van der Waals surface area (Å²) in [6, 6.07) is 0.995. The Balaban J connectivity index is 3.28. The molecule has 0 aromatic heterocycles. The first kappa shape index (κ1) is 10.5. The van der Waals surface area contributed by atoms with E-state index in [9.17, 15) is 27.5 Å². The van der Waals surface area contributed by atoms with Crippen molar-refractivity contribution in [1.29, 1.82) is 0 Å². The molecule has 0 atom stereocenters. The second-order valence-electron chi connectivity index (χ2n) is 2.51. The van der Waals surface area contributed by atoms with Crippen molar-refractivity contribution in [3.8, 4) is 0 Å². The third-order valence-corrected chi connectivity index (χ3v) is 1.46. The largest absolute Gasteiger partial charge is 0.545 e. The van der Waals surface area contributed by atoms with Gasteiger partial charge in [0.25, 0.3) is 0 Å². The molecule has 0 unspecified atom stereocenters. The van der Waals surface area contributed by atoms with E-state index in [4.69, 9.17) is 0 Å². The number of carbonyl (C=O) groups excluding carboxylic acids is 1. The fourth-order valence-electron chi connectivity index (χ4n) is 0.871. The lowest BCUT2D eigenvalue weighted by Gasteiger charge is -2.09. The van der Waals surface area contributed by atoms with Crippen LogP contribution in [0.15, 0.2) is 18.2 Å². The van der Waals surface area contributed by atoms with Gasteiger partial charge >= 0.3 is 6.18 Å². The van der Waals surface area contributed by atoms with Crippen molar-refractivity contribution in [3.63, 3.8) is 0 Å². The van der Waals surface area contributed by atoms with Crippen LogP contribution in [-0.2, 0) is 6.18 Å². The van der Waals surface area contributed by atoms with E-state index in [0.29, 0.717) is 12.1 Å². The lowest BCUT2D eigenvalue weighted by Crippen LogP contribution is -2.23. The number of rotatable bonds is 1. The molecule has 1 aromatic rings. The molecule has 0 radical (unpaired) electrons. The molecule has 0 saturated carbocycles. The first-order valence-corrected chi connectivity index (χ1v) is 3.40. The van der Waals surface area contributed by atoms with Crippen molar-refractivity contribution in [1.82, 2.24) is 0 Å². The van der Waals surface area contributed by atoms with E-state index in [2.05, 4.69) is 0 Å². The van der Waals surface area contributed by atoms with Crippen molar-refractivity contribution in [2.24, 2.45) is 0 Å². The quantitative estimate of drug-likeness (QED) is 0.649. The Labute approximate surface area is 75.8 Å². The number of hydrogen-bond donors (Lipinski definition) is 0. The number of hydrogen-bond acceptors (Lipinski definition) is 2. The van der Waals surface area contributed by atoms with Crippen molar-refractivity contribution in [2.75, 3.05) is 0 Å². The predicted octanol–water partition coefficient (Wildman–Crippen LogP) is 1.21. The molecule has 0 aliphatic carbocycles. The van der Waals surface area contributed by atoms with Gasteiger partial charge in [0.1, 0.15) is 5.82 Å². The predicted molar refractivity (Wildman–Crippen MR) is 35.7 cm³/mol. The summed E-state index contributed by atoms with van der Waals surface area (Å²) >= 11 is 0. The Bertz CT molecular complexity index is 370. The van der Waals surface area contributed by atoms with E-state index in [1.54, 1.807) is 0 Å². The Morgan fingerprint density at radius 3 is 2.21 bits per heavy atom. The Morgan fingerprint density at radius 1 is 1.21 bits per heavy atom. The monoisotopic (exact) mass is 207 g/mol. The number of benzene rings is 1. The molecule has 0 amide bonds. The number of aromatic carboxylic acids is 1. The minimum absolute atomic E-state index is 0.215. The van der Waals surface area contributed by atoms with Crippen LogP contribution >= 0.6 is 0 Å². The van der Waals surface area contributed by atoms with Crippen LogP contribution in [0.2, 0.25) is 0 Å². The highest BCUT2D eigenvalue weighted by Crippen LogP contribution is 2.30. The SMILES string of the molecule is O=C([O-])c1cc(F)cc(C(F)(F)F)c1. The third kappa shape index (κ3) is 2.21. The summed E-state index contributed by atoms with van der Waals surface area (Å²) in [6.07, 6.45) is -4.77. The zero-order chi connectivity index (χ0) is 10.9. The molecular formula is C8H3F4O2-. The van der Waals surface area contributed by atoms with Gasteiger partial charge in [-0.05, 0) is 18.2 Å². The first-order valence-electron chi connectivity index (χ1n) is 3.40. The van der Waals surface area contributed by atoms with Gasteiger partial charge in [-0.3, -0.25) is 0 Å². The number of carboxylic acid groups (broad SMARTS) is 1. The maximum atomic E-state index is 12.5. The topological polar surface area (TPSA) is 40.1 Å². The molecule has 0 aliphatic rings. The molecule has 1 aromatic carbocycles. The van der Waals surface area contributed by atoms with Gasteiger partial charge < -0.3 is 9.90 Å². The Hall–Kier alpha value is -1.59. The van der Waals surface area contributed by atoms with E-state index in [1.807, 2.05) is 0 Å². The average molecular weight is 207 g/mol. The van der Waals surface area contributed by atoms with Crippen molar-refractivity contribution in [2.45, 2.75) is 6.18 Å². The summed E-state index contributed by atoms with van der Waals surface area (Å²) < 4.78 is 48.6. The fraction of sp³-hybridized carbons (Fsp3) is 0.125. The van der Waals surface area contributed by atoms with Crippen molar-refractivity contribution in [3.05, 3.63) is 35.1 Å². The van der Waals surface area contributed by atoms with Gasteiger partial charge in [0.2, 0.25) is 0 Å². The summed E-state index contributed by atoms with van der Waals surface area (Å²) in [7, 11) is 0. The first-order chi connectivity index (χ1) is 6.30. The van der Waals surface area contributed by atoms with Crippen LogP contribution in [0.4, 0.5) is 17.6 Å². The standard InChI is InChI=1S/C8H4F4O2/c9-6-2-4(7(13)14)1-5(3-6)8(10,11)12/h1-3H,(H,13,14)/p-1. The van der Waals surface area contributed by atoms with Crippen LogP contribution in [0.1, 0.15) is 15.9 Å². The second-order valence-corrected chi connectivity index (χ2v) is 2.51. The second kappa shape index (κ2) is 3.28. The van der Waals surface area contributed by atoms with Crippen LogP contribution in [0.3, 0.4) is 0 Å². The zero-order valence-electron chi connectivity index (χ0n) is 6.56. The molecule has 14 heavy (non-hydrogen) atoms. The maximum Gasteiger partial charge on any atom is 0.416 e. The highest BCUT2D eigenvalue weighted by atomic mass is 19.4. The molecule has 0 N–H and O–H groups in total. The average Bonchev–Trinajstić information content (AvgIpc) is 2.01. The minimum Gasteiger partial charge on any atom is -0.545 e. The van der Waals surface area contributed by atoms with Crippen molar-refractivity contribution >= 4 is 5.97 Å². The summed E-state index contributed by atoms with van der Waals surface area (Å²) in [5.74, 6) is -3.12. The molecule has 0 fully saturated rings. The normalized spacial score (nSPS) is 11.4. The van der Waals surface area contributed by atoms with Gasteiger partial charge in [0, 0.05) is 5.56 Å². The molecule has 0 spiro atoms. The van der Waals surface area contributed by atoms with Crippen LogP contribution in [0.25, 0.3) is 0 Å². The smallest absolute Gasteiger partial charge is 0.416 e. The number of carbonyl (C=O) groups is 1. The summed E-state index contributed by atoms with van der Waals surface area (Å²) in [5, 5.41) is 10.2.